The van der Waals surface area contributed by atoms with Crippen molar-refractivity contribution in [3.63, 3.8) is 0 Å². The van der Waals surface area contributed by atoms with Crippen molar-refractivity contribution in [2.75, 3.05) is 0 Å². The smallest absolute Gasteiger partial charge is 0.404 e. The molecule has 70 valence electrons. The Kier molecular flexibility index (Phi) is 2.69. The van der Waals surface area contributed by atoms with E-state index in [2.05, 4.69) is 0 Å². The molecule has 4 nitrogen and oxygen atoms in total. The van der Waals surface area contributed by atoms with E-state index in [1.165, 1.54) is 18.2 Å². The van der Waals surface area contributed by atoms with Crippen molar-refractivity contribution in [1.29, 1.82) is 0 Å². The Labute approximate surface area is 73.6 Å². The number of hydrogen-bond donors (Lipinski definition) is 3. The van der Waals surface area contributed by atoms with Crippen molar-refractivity contribution in [2.24, 2.45) is 0 Å². The SMILES string of the molecule is O=C(O)NCc1cccc(O)c1F. The molecule has 0 spiro atoms. The van der Waals surface area contributed by atoms with Crippen LogP contribution in [-0.2, 0) is 6.54 Å². The maximum Gasteiger partial charge on any atom is 0.404 e. The molecule has 0 aliphatic rings. The molecule has 1 rings (SSSR count). The van der Waals surface area contributed by atoms with Crippen molar-refractivity contribution in [3.05, 3.63) is 29.6 Å². The van der Waals surface area contributed by atoms with E-state index >= 15 is 0 Å². The van der Waals surface area contributed by atoms with E-state index in [-0.39, 0.29) is 12.1 Å². The van der Waals surface area contributed by atoms with E-state index in [0.717, 1.165) is 0 Å². The van der Waals surface area contributed by atoms with Gasteiger partial charge in [-0.05, 0) is 6.07 Å². The van der Waals surface area contributed by atoms with Gasteiger partial charge in [0.15, 0.2) is 11.6 Å². The zero-order valence-corrected chi connectivity index (χ0v) is 6.62. The molecule has 0 aliphatic carbocycles. The molecule has 1 amide bonds. The summed E-state index contributed by atoms with van der Waals surface area (Å²) in [7, 11) is 0. The van der Waals surface area contributed by atoms with Gasteiger partial charge >= 0.3 is 6.09 Å². The third kappa shape index (κ3) is 2.33. The van der Waals surface area contributed by atoms with Crippen LogP contribution in [0.4, 0.5) is 9.18 Å². The highest BCUT2D eigenvalue weighted by atomic mass is 19.1. The highest BCUT2D eigenvalue weighted by Gasteiger charge is 2.06. The van der Waals surface area contributed by atoms with Gasteiger partial charge in [0.25, 0.3) is 0 Å². The molecule has 0 heterocycles. The van der Waals surface area contributed by atoms with Crippen LogP contribution < -0.4 is 5.32 Å². The van der Waals surface area contributed by atoms with Crippen LogP contribution in [0.2, 0.25) is 0 Å². The van der Waals surface area contributed by atoms with E-state index in [0.29, 0.717) is 0 Å². The maximum absolute atomic E-state index is 13.0. The zero-order chi connectivity index (χ0) is 9.84. The number of phenolic OH excluding ortho intramolecular Hbond substituents is 1. The number of phenols is 1. The first-order valence-corrected chi connectivity index (χ1v) is 3.54. The summed E-state index contributed by atoms with van der Waals surface area (Å²) < 4.78 is 13.0. The minimum Gasteiger partial charge on any atom is -0.505 e. The van der Waals surface area contributed by atoms with E-state index in [1.807, 2.05) is 5.32 Å². The summed E-state index contributed by atoms with van der Waals surface area (Å²) in [6.45, 7) is -0.157. The minimum atomic E-state index is -1.23. The molecule has 1 aromatic carbocycles. The van der Waals surface area contributed by atoms with Gasteiger partial charge in [-0.2, -0.15) is 0 Å². The number of rotatable bonds is 2. The second-order valence-electron chi connectivity index (χ2n) is 2.41. The van der Waals surface area contributed by atoms with Crippen molar-refractivity contribution in [2.45, 2.75) is 6.54 Å². The van der Waals surface area contributed by atoms with Crippen molar-refractivity contribution in [3.8, 4) is 5.75 Å². The van der Waals surface area contributed by atoms with E-state index in [4.69, 9.17) is 10.2 Å². The molecule has 0 saturated carbocycles. The normalized spacial score (nSPS) is 9.62. The average Bonchev–Trinajstić information content (AvgIpc) is 2.07. The second-order valence-corrected chi connectivity index (χ2v) is 2.41. The summed E-state index contributed by atoms with van der Waals surface area (Å²) in [5.74, 6) is -1.28. The molecule has 0 atom stereocenters. The first kappa shape index (κ1) is 9.31. The summed E-state index contributed by atoms with van der Waals surface area (Å²) in [5, 5.41) is 19.1. The van der Waals surface area contributed by atoms with Gasteiger partial charge in [-0.1, -0.05) is 12.1 Å². The molecule has 0 aromatic heterocycles. The van der Waals surface area contributed by atoms with Crippen molar-refractivity contribution < 1.29 is 19.4 Å². The summed E-state index contributed by atoms with van der Waals surface area (Å²) >= 11 is 0. The van der Waals surface area contributed by atoms with Crippen molar-refractivity contribution >= 4 is 6.09 Å². The lowest BCUT2D eigenvalue weighted by Crippen LogP contribution is -2.20. The monoisotopic (exact) mass is 185 g/mol. The van der Waals surface area contributed by atoms with Crippen LogP contribution in [-0.4, -0.2) is 16.3 Å². The highest BCUT2D eigenvalue weighted by molar-refractivity contribution is 5.64. The van der Waals surface area contributed by atoms with Crippen LogP contribution in [0.3, 0.4) is 0 Å². The molecule has 5 heteroatoms. The molecule has 0 unspecified atom stereocenters. The number of aromatic hydroxyl groups is 1. The first-order chi connectivity index (χ1) is 6.11. The topological polar surface area (TPSA) is 69.6 Å². The molecule has 0 aliphatic heterocycles. The summed E-state index contributed by atoms with van der Waals surface area (Å²) in [6, 6.07) is 4.03. The summed E-state index contributed by atoms with van der Waals surface area (Å²) in [5.41, 5.74) is 0.113. The Morgan fingerprint density at radius 1 is 1.54 bits per heavy atom. The lowest BCUT2D eigenvalue weighted by molar-refractivity contribution is 0.194. The van der Waals surface area contributed by atoms with Crippen LogP contribution in [0.5, 0.6) is 5.75 Å². The predicted molar refractivity (Wildman–Crippen MR) is 42.9 cm³/mol. The molecular weight excluding hydrogens is 177 g/mol. The third-order valence-corrected chi connectivity index (χ3v) is 1.49. The lowest BCUT2D eigenvalue weighted by atomic mass is 10.2. The van der Waals surface area contributed by atoms with Crippen LogP contribution in [0.15, 0.2) is 18.2 Å². The van der Waals surface area contributed by atoms with Crippen LogP contribution in [0.25, 0.3) is 0 Å². The Bertz CT molecular complexity index is 327. The molecule has 0 bridgehead atoms. The molecule has 13 heavy (non-hydrogen) atoms. The van der Waals surface area contributed by atoms with Crippen LogP contribution in [0, 0.1) is 5.82 Å². The number of hydrogen-bond acceptors (Lipinski definition) is 2. The highest BCUT2D eigenvalue weighted by Crippen LogP contribution is 2.17. The van der Waals surface area contributed by atoms with Crippen LogP contribution >= 0.6 is 0 Å². The van der Waals surface area contributed by atoms with Gasteiger partial charge < -0.3 is 15.5 Å². The minimum absolute atomic E-state index is 0.113. The fraction of sp³-hybridized carbons (Fsp3) is 0.125. The fourth-order valence-corrected chi connectivity index (χ4v) is 0.874. The van der Waals surface area contributed by atoms with Gasteiger partial charge in [-0.25, -0.2) is 9.18 Å². The van der Waals surface area contributed by atoms with E-state index < -0.39 is 17.7 Å². The number of carboxylic acid groups (broad SMARTS) is 1. The zero-order valence-electron chi connectivity index (χ0n) is 6.62. The van der Waals surface area contributed by atoms with Gasteiger partial charge in [0.2, 0.25) is 0 Å². The standard InChI is InChI=1S/C8H8FNO3/c9-7-5(4-10-8(12)13)2-1-3-6(7)11/h1-3,10-11H,4H2,(H,12,13). The fourth-order valence-electron chi connectivity index (χ4n) is 0.874. The van der Waals surface area contributed by atoms with Gasteiger partial charge in [-0.15, -0.1) is 0 Å². The Hall–Kier alpha value is -1.78. The van der Waals surface area contributed by atoms with E-state index in [9.17, 15) is 9.18 Å². The summed E-state index contributed by atoms with van der Waals surface area (Å²) in [6.07, 6.45) is -1.23. The quantitative estimate of drug-likeness (QED) is 0.650. The van der Waals surface area contributed by atoms with E-state index in [1.54, 1.807) is 0 Å². The third-order valence-electron chi connectivity index (χ3n) is 1.49. The molecule has 0 fully saturated rings. The lowest BCUT2D eigenvalue weighted by Gasteiger charge is -2.03. The Morgan fingerprint density at radius 2 is 2.23 bits per heavy atom. The largest absolute Gasteiger partial charge is 0.505 e. The molecule has 0 radical (unpaired) electrons. The van der Waals surface area contributed by atoms with Gasteiger partial charge in [0.1, 0.15) is 0 Å². The number of nitrogens with one attached hydrogen (secondary N) is 1. The van der Waals surface area contributed by atoms with Gasteiger partial charge in [-0.3, -0.25) is 0 Å². The number of benzene rings is 1. The van der Waals surface area contributed by atoms with Gasteiger partial charge in [0.05, 0.1) is 0 Å². The molecule has 3 N–H and O–H groups in total. The molecule has 1 aromatic rings. The predicted octanol–water partition coefficient (Wildman–Crippen LogP) is 1.30. The second kappa shape index (κ2) is 3.75. The van der Waals surface area contributed by atoms with Gasteiger partial charge in [0, 0.05) is 12.1 Å². The molecule has 0 saturated heterocycles. The number of amides is 1. The van der Waals surface area contributed by atoms with Crippen molar-refractivity contribution in [1.82, 2.24) is 5.32 Å². The molecular formula is C8H8FNO3. The number of halogens is 1. The number of carbonyl (C=O) groups is 1. The Morgan fingerprint density at radius 3 is 2.85 bits per heavy atom. The summed E-state index contributed by atoms with van der Waals surface area (Å²) in [4.78, 5) is 10.1. The maximum atomic E-state index is 13.0. The average molecular weight is 185 g/mol. The van der Waals surface area contributed by atoms with Crippen LogP contribution in [0.1, 0.15) is 5.56 Å². The first-order valence-electron chi connectivity index (χ1n) is 3.54. The Balaban J connectivity index is 2.77.